The summed E-state index contributed by atoms with van der Waals surface area (Å²) in [7, 11) is 0. The Morgan fingerprint density at radius 2 is 1.57 bits per heavy atom. The van der Waals surface area contributed by atoms with Crippen LogP contribution in [0.2, 0.25) is 0 Å². The molecule has 0 saturated carbocycles. The fourth-order valence-electron chi connectivity index (χ4n) is 3.92. The van der Waals surface area contributed by atoms with Crippen molar-refractivity contribution in [2.45, 2.75) is 55.8 Å². The molecule has 2 aliphatic heterocycles. The van der Waals surface area contributed by atoms with Gasteiger partial charge in [-0.3, -0.25) is 4.79 Å². The van der Waals surface area contributed by atoms with Crippen LogP contribution in [0.15, 0.2) is 24.3 Å². The highest BCUT2D eigenvalue weighted by atomic mass is 17.2. The second kappa shape index (κ2) is 6.02. The Hall–Kier alpha value is -1.21. The van der Waals surface area contributed by atoms with E-state index >= 15 is 0 Å². The summed E-state index contributed by atoms with van der Waals surface area (Å²) in [5.41, 5.74) is -1.11. The molecule has 2 saturated heterocycles. The zero-order chi connectivity index (χ0) is 15.8. The Labute approximate surface area is 135 Å². The molecule has 0 N–H and O–H groups in total. The predicted molar refractivity (Wildman–Crippen MR) is 78.9 cm³/mol. The molecular formula is C17H22O6. The highest BCUT2D eigenvalue weighted by molar-refractivity contribution is 5.75. The lowest BCUT2D eigenvalue weighted by Crippen LogP contribution is -2.48. The van der Waals surface area contributed by atoms with Gasteiger partial charge in [-0.1, -0.05) is 24.3 Å². The number of allylic oxidation sites excluding steroid dienone is 2. The lowest BCUT2D eigenvalue weighted by atomic mass is 9.79. The van der Waals surface area contributed by atoms with E-state index in [-0.39, 0.29) is 25.3 Å². The maximum atomic E-state index is 12.8. The van der Waals surface area contributed by atoms with Crippen LogP contribution in [-0.4, -0.2) is 36.5 Å². The summed E-state index contributed by atoms with van der Waals surface area (Å²) < 4.78 is 5.81. The maximum absolute atomic E-state index is 12.8. The molecule has 2 heterocycles. The van der Waals surface area contributed by atoms with Gasteiger partial charge in [0.2, 0.25) is 0 Å². The highest BCUT2D eigenvalue weighted by Crippen LogP contribution is 2.42. The number of esters is 1. The van der Waals surface area contributed by atoms with Gasteiger partial charge in [0.15, 0.2) is 6.10 Å². The smallest absolute Gasteiger partial charge is 0.314 e. The van der Waals surface area contributed by atoms with Gasteiger partial charge >= 0.3 is 5.97 Å². The third-order valence-electron chi connectivity index (χ3n) is 5.40. The summed E-state index contributed by atoms with van der Waals surface area (Å²) in [6, 6.07) is 0. The van der Waals surface area contributed by atoms with Crippen LogP contribution in [0.4, 0.5) is 0 Å². The van der Waals surface area contributed by atoms with Crippen LogP contribution in [0.5, 0.6) is 0 Å². The molecule has 0 aromatic heterocycles. The zero-order valence-electron chi connectivity index (χ0n) is 13.1. The summed E-state index contributed by atoms with van der Waals surface area (Å²) in [5, 5.41) is 0. The minimum atomic E-state index is -0.578. The minimum Gasteiger partial charge on any atom is -0.456 e. The SMILES string of the molecule is O=C(OC1COOC12CC=CCC2)C1COOC12CC=CCC2. The second-order valence-corrected chi connectivity index (χ2v) is 6.77. The first-order valence-corrected chi connectivity index (χ1v) is 8.36. The molecule has 126 valence electrons. The van der Waals surface area contributed by atoms with Gasteiger partial charge in [0.1, 0.15) is 23.7 Å². The number of hydrogen-bond donors (Lipinski definition) is 0. The molecule has 6 heteroatoms. The molecule has 0 bridgehead atoms. The van der Waals surface area contributed by atoms with Crippen molar-refractivity contribution in [1.29, 1.82) is 0 Å². The zero-order valence-corrected chi connectivity index (χ0v) is 13.1. The van der Waals surface area contributed by atoms with Crippen molar-refractivity contribution in [3.63, 3.8) is 0 Å². The van der Waals surface area contributed by atoms with Crippen LogP contribution in [0.1, 0.15) is 38.5 Å². The molecule has 2 aliphatic carbocycles. The Balaban J connectivity index is 1.47. The molecule has 4 atom stereocenters. The van der Waals surface area contributed by atoms with E-state index in [0.29, 0.717) is 12.8 Å². The number of carbonyl (C=O) groups is 1. The van der Waals surface area contributed by atoms with E-state index in [9.17, 15) is 4.79 Å². The van der Waals surface area contributed by atoms with Gasteiger partial charge in [-0.25, -0.2) is 19.6 Å². The standard InChI is InChI=1S/C17H22O6/c18-15(13-11-19-22-16(13)7-3-1-4-8-16)21-14-12-20-23-17(14)9-5-2-6-10-17/h1-3,5,13-14H,4,6-12H2. The van der Waals surface area contributed by atoms with Crippen LogP contribution in [-0.2, 0) is 29.1 Å². The van der Waals surface area contributed by atoms with Crippen LogP contribution < -0.4 is 0 Å². The monoisotopic (exact) mass is 322 g/mol. The van der Waals surface area contributed by atoms with Crippen molar-refractivity contribution in [3.05, 3.63) is 24.3 Å². The van der Waals surface area contributed by atoms with Crippen molar-refractivity contribution in [2.24, 2.45) is 5.92 Å². The first-order valence-electron chi connectivity index (χ1n) is 8.36. The number of hydrogen-bond acceptors (Lipinski definition) is 6. The van der Waals surface area contributed by atoms with Crippen LogP contribution >= 0.6 is 0 Å². The Morgan fingerprint density at radius 3 is 2.26 bits per heavy atom. The molecule has 2 spiro atoms. The van der Waals surface area contributed by atoms with Gasteiger partial charge in [0.05, 0.1) is 6.61 Å². The van der Waals surface area contributed by atoms with Gasteiger partial charge in [0, 0.05) is 6.42 Å². The van der Waals surface area contributed by atoms with Crippen molar-refractivity contribution >= 4 is 5.97 Å². The van der Waals surface area contributed by atoms with Gasteiger partial charge in [-0.2, -0.15) is 0 Å². The molecule has 6 nitrogen and oxygen atoms in total. The normalized spacial score (nSPS) is 42.6. The Kier molecular flexibility index (Phi) is 4.01. The number of carbonyl (C=O) groups excluding carboxylic acids is 1. The average Bonchev–Trinajstić information content (AvgIpc) is 3.14. The lowest BCUT2D eigenvalue weighted by molar-refractivity contribution is -0.313. The molecule has 0 aromatic rings. The fourth-order valence-corrected chi connectivity index (χ4v) is 3.92. The third-order valence-corrected chi connectivity index (χ3v) is 5.40. The summed E-state index contributed by atoms with van der Waals surface area (Å²) in [5.74, 6) is -0.671. The van der Waals surface area contributed by atoms with Crippen molar-refractivity contribution in [3.8, 4) is 0 Å². The minimum absolute atomic E-state index is 0.244. The number of rotatable bonds is 2. The third kappa shape index (κ3) is 2.63. The highest BCUT2D eigenvalue weighted by Gasteiger charge is 2.54. The quantitative estimate of drug-likeness (QED) is 0.442. The molecule has 0 amide bonds. The van der Waals surface area contributed by atoms with Gasteiger partial charge < -0.3 is 4.74 Å². The molecule has 4 unspecified atom stereocenters. The largest absolute Gasteiger partial charge is 0.456 e. The van der Waals surface area contributed by atoms with E-state index < -0.39 is 17.1 Å². The molecule has 4 aliphatic rings. The molecule has 2 fully saturated rings. The summed E-state index contributed by atoms with van der Waals surface area (Å²) in [6.07, 6.45) is 12.7. The molecular weight excluding hydrogens is 300 g/mol. The first-order chi connectivity index (χ1) is 11.2. The van der Waals surface area contributed by atoms with E-state index in [1.807, 2.05) is 6.08 Å². The average molecular weight is 322 g/mol. The lowest BCUT2D eigenvalue weighted by Gasteiger charge is -2.35. The van der Waals surface area contributed by atoms with E-state index in [0.717, 1.165) is 25.7 Å². The molecule has 4 rings (SSSR count). The maximum Gasteiger partial charge on any atom is 0.314 e. The summed E-state index contributed by atoms with van der Waals surface area (Å²) in [4.78, 5) is 34.1. The van der Waals surface area contributed by atoms with E-state index in [4.69, 9.17) is 24.3 Å². The van der Waals surface area contributed by atoms with Crippen LogP contribution in [0.3, 0.4) is 0 Å². The van der Waals surface area contributed by atoms with Crippen LogP contribution in [0, 0.1) is 5.92 Å². The van der Waals surface area contributed by atoms with Crippen molar-refractivity contribution in [2.75, 3.05) is 13.2 Å². The Morgan fingerprint density at radius 1 is 0.913 bits per heavy atom. The topological polar surface area (TPSA) is 63.2 Å². The van der Waals surface area contributed by atoms with E-state index in [1.54, 1.807) is 0 Å². The van der Waals surface area contributed by atoms with Gasteiger partial charge in [-0.15, -0.1) is 0 Å². The summed E-state index contributed by atoms with van der Waals surface area (Å²) in [6.45, 7) is 0.523. The Bertz CT molecular complexity index is 529. The summed E-state index contributed by atoms with van der Waals surface area (Å²) >= 11 is 0. The predicted octanol–water partition coefficient (Wildman–Crippen LogP) is 2.40. The first kappa shape index (κ1) is 15.3. The fraction of sp³-hybridized carbons (Fsp3) is 0.706. The van der Waals surface area contributed by atoms with Crippen molar-refractivity contribution in [1.82, 2.24) is 0 Å². The molecule has 0 aromatic carbocycles. The van der Waals surface area contributed by atoms with Crippen LogP contribution in [0.25, 0.3) is 0 Å². The second-order valence-electron chi connectivity index (χ2n) is 6.77. The molecule has 23 heavy (non-hydrogen) atoms. The molecule has 0 radical (unpaired) electrons. The van der Waals surface area contributed by atoms with Gasteiger partial charge in [-0.05, 0) is 32.1 Å². The van der Waals surface area contributed by atoms with Crippen molar-refractivity contribution < 1.29 is 29.1 Å². The van der Waals surface area contributed by atoms with E-state index in [1.165, 1.54) is 0 Å². The van der Waals surface area contributed by atoms with Gasteiger partial charge in [0.25, 0.3) is 0 Å². The number of ether oxygens (including phenoxy) is 1. The van der Waals surface area contributed by atoms with E-state index in [2.05, 4.69) is 18.2 Å².